The number of pyridine rings is 1. The van der Waals surface area contributed by atoms with Gasteiger partial charge in [-0.25, -0.2) is 4.79 Å². The van der Waals surface area contributed by atoms with E-state index in [1.54, 1.807) is 31.5 Å². The van der Waals surface area contributed by atoms with E-state index >= 15 is 0 Å². The Labute approximate surface area is 197 Å². The highest BCUT2D eigenvalue weighted by Gasteiger charge is 2.30. The van der Waals surface area contributed by atoms with Gasteiger partial charge in [0.2, 0.25) is 5.91 Å². The predicted molar refractivity (Wildman–Crippen MR) is 125 cm³/mol. The second kappa shape index (κ2) is 10.2. The molecule has 1 aromatic heterocycles. The van der Waals surface area contributed by atoms with Crippen molar-refractivity contribution in [1.29, 1.82) is 0 Å². The average Bonchev–Trinajstić information content (AvgIpc) is 3.16. The molecule has 0 radical (unpaired) electrons. The third kappa shape index (κ3) is 5.06. The molecule has 1 aliphatic rings. The van der Waals surface area contributed by atoms with Gasteiger partial charge in [0.15, 0.2) is 0 Å². The van der Waals surface area contributed by atoms with Crippen LogP contribution >= 0.6 is 0 Å². The van der Waals surface area contributed by atoms with Crippen LogP contribution in [0.3, 0.4) is 0 Å². The number of benzene rings is 2. The molecule has 0 saturated heterocycles. The van der Waals surface area contributed by atoms with Crippen LogP contribution in [0.1, 0.15) is 42.0 Å². The van der Waals surface area contributed by atoms with E-state index in [0.717, 1.165) is 27.8 Å². The molecule has 2 aromatic carbocycles. The number of nitrogens with one attached hydrogen (secondary N) is 2. The average molecular weight is 460 g/mol. The molecule has 3 aromatic rings. The fourth-order valence-electron chi connectivity index (χ4n) is 4.22. The highest BCUT2D eigenvalue weighted by Crippen LogP contribution is 2.44. The van der Waals surface area contributed by atoms with Crippen molar-refractivity contribution >= 4 is 18.0 Å². The maximum atomic E-state index is 12.7. The second-order valence-corrected chi connectivity index (χ2v) is 8.13. The summed E-state index contributed by atoms with van der Waals surface area (Å²) in [6, 6.07) is 17.7. The summed E-state index contributed by atoms with van der Waals surface area (Å²) in [6.45, 7) is 1.83. The third-order valence-corrected chi connectivity index (χ3v) is 5.90. The van der Waals surface area contributed by atoms with Gasteiger partial charge in [-0.3, -0.25) is 14.6 Å². The Balaban J connectivity index is 1.41. The molecule has 174 valence electrons. The molecule has 0 spiro atoms. The molecule has 0 bridgehead atoms. The first-order valence-electron chi connectivity index (χ1n) is 11.0. The summed E-state index contributed by atoms with van der Waals surface area (Å²) in [5.41, 5.74) is 5.12. The monoisotopic (exact) mass is 459 g/mol. The molecule has 3 N–H and O–H groups in total. The molecule has 8 nitrogen and oxygen atoms in total. The van der Waals surface area contributed by atoms with Gasteiger partial charge in [0.25, 0.3) is 0 Å². The number of carboxylic acids is 1. The Morgan fingerprint density at radius 2 is 1.53 bits per heavy atom. The van der Waals surface area contributed by atoms with E-state index in [1.807, 2.05) is 48.5 Å². The maximum Gasteiger partial charge on any atom is 0.407 e. The van der Waals surface area contributed by atoms with E-state index in [4.69, 9.17) is 4.74 Å². The lowest BCUT2D eigenvalue weighted by molar-refractivity contribution is -0.140. The lowest BCUT2D eigenvalue weighted by atomic mass is 9.98. The number of carboxylic acid groups (broad SMARTS) is 1. The van der Waals surface area contributed by atoms with Crippen molar-refractivity contribution in [3.05, 3.63) is 89.7 Å². The van der Waals surface area contributed by atoms with Gasteiger partial charge >= 0.3 is 12.1 Å². The number of ether oxygens (including phenoxy) is 1. The number of aliphatic carboxylic acids is 1. The SMILES string of the molecule is CC(NC(=O)C(CC(=O)O)NC(=O)OCC1c2ccccc2-c2ccccc21)c1ccncc1. The number of alkyl carbamates (subject to hydrolysis) is 1. The van der Waals surface area contributed by atoms with Crippen LogP contribution < -0.4 is 10.6 Å². The molecule has 1 aliphatic carbocycles. The Kier molecular flexibility index (Phi) is 6.87. The Hall–Kier alpha value is -4.20. The van der Waals surface area contributed by atoms with Crippen LogP contribution in [0, 0.1) is 0 Å². The third-order valence-electron chi connectivity index (χ3n) is 5.90. The first-order chi connectivity index (χ1) is 16.4. The number of nitrogens with zero attached hydrogens (tertiary/aromatic N) is 1. The summed E-state index contributed by atoms with van der Waals surface area (Å²) >= 11 is 0. The standard InChI is InChI=1S/C26H25N3O5/c1-16(17-10-12-27-13-11-17)28-25(32)23(14-24(30)31)29-26(33)34-15-22-20-8-4-2-6-18(20)19-7-3-5-9-21(19)22/h2-13,16,22-23H,14-15H2,1H3,(H,28,32)(H,29,33)(H,30,31). The van der Waals surface area contributed by atoms with Crippen LogP contribution in [0.15, 0.2) is 73.1 Å². The van der Waals surface area contributed by atoms with Gasteiger partial charge in [-0.2, -0.15) is 0 Å². The first-order valence-corrected chi connectivity index (χ1v) is 11.0. The Morgan fingerprint density at radius 1 is 0.941 bits per heavy atom. The van der Waals surface area contributed by atoms with Crippen LogP contribution in [0.5, 0.6) is 0 Å². The Morgan fingerprint density at radius 3 is 2.12 bits per heavy atom. The molecule has 0 fully saturated rings. The van der Waals surface area contributed by atoms with E-state index in [0.29, 0.717) is 0 Å². The number of rotatable bonds is 8. The molecule has 0 saturated carbocycles. The summed E-state index contributed by atoms with van der Waals surface area (Å²) in [5.74, 6) is -1.97. The maximum absolute atomic E-state index is 12.7. The van der Waals surface area contributed by atoms with Crippen molar-refractivity contribution in [2.75, 3.05) is 6.61 Å². The van der Waals surface area contributed by atoms with Gasteiger partial charge in [-0.15, -0.1) is 0 Å². The van der Waals surface area contributed by atoms with E-state index in [1.165, 1.54) is 0 Å². The summed E-state index contributed by atoms with van der Waals surface area (Å²) < 4.78 is 5.46. The second-order valence-electron chi connectivity index (χ2n) is 8.13. The van der Waals surface area contributed by atoms with Crippen molar-refractivity contribution in [3.63, 3.8) is 0 Å². The van der Waals surface area contributed by atoms with Gasteiger partial charge in [0.05, 0.1) is 12.5 Å². The van der Waals surface area contributed by atoms with E-state index in [9.17, 15) is 19.5 Å². The fraction of sp³-hybridized carbons (Fsp3) is 0.231. The minimum atomic E-state index is -1.28. The zero-order valence-electron chi connectivity index (χ0n) is 18.6. The Bertz CT molecular complexity index is 1150. The minimum Gasteiger partial charge on any atom is -0.481 e. The van der Waals surface area contributed by atoms with Gasteiger partial charge in [-0.05, 0) is 46.9 Å². The summed E-state index contributed by atoms with van der Waals surface area (Å²) in [4.78, 5) is 40.5. The smallest absolute Gasteiger partial charge is 0.407 e. The fourth-order valence-corrected chi connectivity index (χ4v) is 4.22. The highest BCUT2D eigenvalue weighted by atomic mass is 16.5. The lowest BCUT2D eigenvalue weighted by Crippen LogP contribution is -2.48. The van der Waals surface area contributed by atoms with E-state index in [2.05, 4.69) is 15.6 Å². The lowest BCUT2D eigenvalue weighted by Gasteiger charge is -2.21. The number of carbonyl (C=O) groups is 3. The van der Waals surface area contributed by atoms with Gasteiger partial charge in [0.1, 0.15) is 12.6 Å². The van der Waals surface area contributed by atoms with Crippen molar-refractivity contribution in [1.82, 2.24) is 15.6 Å². The minimum absolute atomic E-state index is 0.0642. The number of hydrogen-bond donors (Lipinski definition) is 3. The molecule has 2 unspecified atom stereocenters. The molecular weight excluding hydrogens is 434 g/mol. The summed E-state index contributed by atoms with van der Waals surface area (Å²) in [5, 5.41) is 14.4. The van der Waals surface area contributed by atoms with Crippen molar-refractivity contribution < 1.29 is 24.2 Å². The largest absolute Gasteiger partial charge is 0.481 e. The number of aromatic nitrogens is 1. The van der Waals surface area contributed by atoms with Crippen LogP contribution in [0.25, 0.3) is 11.1 Å². The van der Waals surface area contributed by atoms with Gasteiger partial charge in [-0.1, -0.05) is 48.5 Å². The number of fused-ring (bicyclic) bond motifs is 3. The molecule has 34 heavy (non-hydrogen) atoms. The topological polar surface area (TPSA) is 118 Å². The van der Waals surface area contributed by atoms with E-state index in [-0.39, 0.29) is 12.5 Å². The van der Waals surface area contributed by atoms with Crippen LogP contribution in [0.2, 0.25) is 0 Å². The normalized spacial score (nSPS) is 13.8. The molecule has 2 atom stereocenters. The highest BCUT2D eigenvalue weighted by molar-refractivity contribution is 5.89. The van der Waals surface area contributed by atoms with Crippen LogP contribution in [-0.2, 0) is 14.3 Å². The zero-order chi connectivity index (χ0) is 24.1. The number of hydrogen-bond acceptors (Lipinski definition) is 5. The summed E-state index contributed by atoms with van der Waals surface area (Å²) in [7, 11) is 0. The number of amides is 2. The zero-order valence-corrected chi connectivity index (χ0v) is 18.6. The first kappa shape index (κ1) is 23.0. The summed E-state index contributed by atoms with van der Waals surface area (Å²) in [6.07, 6.45) is 1.78. The molecule has 0 aliphatic heterocycles. The molecule has 2 amide bonds. The van der Waals surface area contributed by atoms with Gasteiger partial charge in [0, 0.05) is 18.3 Å². The van der Waals surface area contributed by atoms with Crippen LogP contribution in [0.4, 0.5) is 4.79 Å². The number of carbonyl (C=O) groups excluding carboxylic acids is 2. The molecule has 4 rings (SSSR count). The van der Waals surface area contributed by atoms with Crippen molar-refractivity contribution in [2.24, 2.45) is 0 Å². The quantitative estimate of drug-likeness (QED) is 0.473. The van der Waals surface area contributed by atoms with Crippen molar-refractivity contribution in [2.45, 2.75) is 31.3 Å². The van der Waals surface area contributed by atoms with Gasteiger partial charge < -0.3 is 20.5 Å². The molecule has 1 heterocycles. The predicted octanol–water partition coefficient (Wildman–Crippen LogP) is 3.64. The van der Waals surface area contributed by atoms with E-state index < -0.39 is 36.5 Å². The van der Waals surface area contributed by atoms with Crippen LogP contribution in [-0.4, -0.2) is 40.7 Å². The molecule has 8 heteroatoms. The van der Waals surface area contributed by atoms with Crippen molar-refractivity contribution in [3.8, 4) is 11.1 Å². The molecular formula is C26H25N3O5.